The largest absolute Gasteiger partial charge is 0.351 e. The van der Waals surface area contributed by atoms with Crippen LogP contribution in [0.3, 0.4) is 0 Å². The molecule has 5 nitrogen and oxygen atoms in total. The summed E-state index contributed by atoms with van der Waals surface area (Å²) < 4.78 is 1.63. The summed E-state index contributed by atoms with van der Waals surface area (Å²) >= 11 is 1.29. The van der Waals surface area contributed by atoms with Crippen molar-refractivity contribution in [1.29, 1.82) is 0 Å². The van der Waals surface area contributed by atoms with Crippen LogP contribution in [0.4, 0.5) is 0 Å². The van der Waals surface area contributed by atoms with E-state index >= 15 is 0 Å². The van der Waals surface area contributed by atoms with Crippen LogP contribution in [0.5, 0.6) is 0 Å². The van der Waals surface area contributed by atoms with Crippen LogP contribution in [0, 0.1) is 13.8 Å². The molecule has 1 N–H and O–H groups in total. The number of nitrogens with one attached hydrogen (secondary N) is 1. The van der Waals surface area contributed by atoms with Gasteiger partial charge in [-0.1, -0.05) is 71.9 Å². The molecule has 0 aliphatic rings. The molecule has 32 heavy (non-hydrogen) atoms. The van der Waals surface area contributed by atoms with E-state index < -0.39 is 5.25 Å². The minimum absolute atomic E-state index is 0.103. The molecule has 0 saturated heterocycles. The maximum atomic E-state index is 13.5. The molecule has 0 radical (unpaired) electrons. The third kappa shape index (κ3) is 4.60. The van der Waals surface area contributed by atoms with Crippen LogP contribution in [-0.4, -0.2) is 20.7 Å². The maximum absolute atomic E-state index is 13.5. The van der Waals surface area contributed by atoms with Gasteiger partial charge in [-0.05, 0) is 50.1 Å². The van der Waals surface area contributed by atoms with Crippen molar-refractivity contribution in [3.8, 4) is 5.69 Å². The Labute approximate surface area is 191 Å². The summed E-state index contributed by atoms with van der Waals surface area (Å²) in [5.41, 5.74) is 4.40. The Morgan fingerprint density at radius 2 is 1.75 bits per heavy atom. The van der Waals surface area contributed by atoms with Gasteiger partial charge in [0.05, 0.1) is 21.8 Å². The summed E-state index contributed by atoms with van der Waals surface area (Å²) in [5, 5.41) is 3.60. The molecule has 0 fully saturated rings. The lowest BCUT2D eigenvalue weighted by Gasteiger charge is -2.18. The molecule has 0 aliphatic heterocycles. The molecule has 0 spiro atoms. The van der Waals surface area contributed by atoms with Gasteiger partial charge in [0.25, 0.3) is 5.56 Å². The Bertz CT molecular complexity index is 1330. The summed E-state index contributed by atoms with van der Waals surface area (Å²) in [7, 11) is 0. The fourth-order valence-electron chi connectivity index (χ4n) is 3.60. The van der Waals surface area contributed by atoms with E-state index in [1.54, 1.807) is 10.6 Å². The van der Waals surface area contributed by atoms with Crippen molar-refractivity contribution in [3.05, 3.63) is 99.8 Å². The normalized spacial score (nSPS) is 12.0. The van der Waals surface area contributed by atoms with Gasteiger partial charge >= 0.3 is 0 Å². The molecule has 1 amide bonds. The summed E-state index contributed by atoms with van der Waals surface area (Å²) in [6.07, 6.45) is 0. The first-order valence-corrected chi connectivity index (χ1v) is 11.4. The van der Waals surface area contributed by atoms with Crippen LogP contribution in [0.1, 0.15) is 23.6 Å². The number of amides is 1. The van der Waals surface area contributed by atoms with Gasteiger partial charge in [0, 0.05) is 6.54 Å². The van der Waals surface area contributed by atoms with E-state index in [-0.39, 0.29) is 11.5 Å². The van der Waals surface area contributed by atoms with E-state index in [9.17, 15) is 9.59 Å². The van der Waals surface area contributed by atoms with Crippen molar-refractivity contribution in [3.63, 3.8) is 0 Å². The first-order valence-electron chi connectivity index (χ1n) is 10.5. The van der Waals surface area contributed by atoms with Gasteiger partial charge in [0.1, 0.15) is 0 Å². The van der Waals surface area contributed by atoms with Crippen LogP contribution in [0.2, 0.25) is 0 Å². The zero-order valence-electron chi connectivity index (χ0n) is 18.3. The average molecular weight is 444 g/mol. The summed E-state index contributed by atoms with van der Waals surface area (Å²) in [4.78, 5) is 31.0. The van der Waals surface area contributed by atoms with E-state index in [2.05, 4.69) is 5.32 Å². The number of thioether (sulfide) groups is 1. The second kappa shape index (κ2) is 9.40. The molecule has 0 aliphatic carbocycles. The van der Waals surface area contributed by atoms with Gasteiger partial charge in [-0.3, -0.25) is 14.2 Å². The fourth-order valence-corrected chi connectivity index (χ4v) is 4.54. The van der Waals surface area contributed by atoms with Gasteiger partial charge < -0.3 is 5.32 Å². The summed E-state index contributed by atoms with van der Waals surface area (Å²) in [6.45, 7) is 6.29. The van der Waals surface area contributed by atoms with Crippen LogP contribution in [-0.2, 0) is 11.3 Å². The van der Waals surface area contributed by atoms with Crippen molar-refractivity contribution >= 4 is 28.6 Å². The molecule has 162 valence electrons. The molecule has 1 heterocycles. The first-order chi connectivity index (χ1) is 15.4. The predicted molar refractivity (Wildman–Crippen MR) is 130 cm³/mol. The van der Waals surface area contributed by atoms with Gasteiger partial charge in [0.15, 0.2) is 5.16 Å². The number of nitrogens with zero attached hydrogens (tertiary/aromatic N) is 2. The van der Waals surface area contributed by atoms with Gasteiger partial charge in [-0.2, -0.15) is 0 Å². The third-order valence-corrected chi connectivity index (χ3v) is 6.35. The number of carbonyl (C=O) groups is 1. The topological polar surface area (TPSA) is 64.0 Å². The Morgan fingerprint density at radius 1 is 1.03 bits per heavy atom. The number of hydrogen-bond acceptors (Lipinski definition) is 4. The van der Waals surface area contributed by atoms with Crippen LogP contribution < -0.4 is 10.9 Å². The number of rotatable bonds is 6. The van der Waals surface area contributed by atoms with Gasteiger partial charge in [0.2, 0.25) is 5.91 Å². The predicted octanol–water partition coefficient (Wildman–Crippen LogP) is 4.80. The smallest absolute Gasteiger partial charge is 0.266 e. The van der Waals surface area contributed by atoms with E-state index in [0.29, 0.717) is 22.6 Å². The number of aryl methyl sites for hydroxylation is 2. The van der Waals surface area contributed by atoms with E-state index in [0.717, 1.165) is 22.4 Å². The molecule has 1 atom stereocenters. The molecule has 0 saturated carbocycles. The van der Waals surface area contributed by atoms with Crippen molar-refractivity contribution in [2.75, 3.05) is 0 Å². The highest BCUT2D eigenvalue weighted by Gasteiger charge is 2.21. The molecule has 0 bridgehead atoms. The fraction of sp³-hybridized carbons (Fsp3) is 0.192. The number of para-hydroxylation sites is 1. The van der Waals surface area contributed by atoms with Crippen LogP contribution in [0.25, 0.3) is 16.6 Å². The minimum atomic E-state index is -0.427. The second-order valence-corrected chi connectivity index (χ2v) is 9.11. The lowest BCUT2D eigenvalue weighted by molar-refractivity contribution is -0.120. The number of aromatic nitrogens is 2. The lowest BCUT2D eigenvalue weighted by Crippen LogP contribution is -2.31. The minimum Gasteiger partial charge on any atom is -0.351 e. The number of fused-ring (bicyclic) bond motifs is 1. The van der Waals surface area contributed by atoms with Gasteiger partial charge in [-0.25, -0.2) is 4.98 Å². The third-order valence-electron chi connectivity index (χ3n) is 5.30. The number of carbonyl (C=O) groups excluding carboxylic acids is 1. The second-order valence-electron chi connectivity index (χ2n) is 7.81. The monoisotopic (exact) mass is 443 g/mol. The highest BCUT2D eigenvalue weighted by atomic mass is 32.2. The first kappa shape index (κ1) is 21.8. The molecular weight excluding hydrogens is 418 g/mol. The molecular formula is C26H25N3O2S. The van der Waals surface area contributed by atoms with Crippen molar-refractivity contribution in [2.24, 2.45) is 0 Å². The average Bonchev–Trinajstić information content (AvgIpc) is 2.79. The SMILES string of the molecule is Cc1ccc(-n2c(SC(C)C(=O)NCc3ccccc3)nc3ccccc3c2=O)c(C)c1. The summed E-state index contributed by atoms with van der Waals surface area (Å²) in [6, 6.07) is 23.1. The van der Waals surface area contributed by atoms with Crippen molar-refractivity contribution in [2.45, 2.75) is 37.7 Å². The molecule has 4 rings (SSSR count). The number of hydrogen-bond donors (Lipinski definition) is 1. The molecule has 3 aromatic carbocycles. The summed E-state index contributed by atoms with van der Waals surface area (Å²) in [5.74, 6) is -0.103. The van der Waals surface area contributed by atoms with Crippen LogP contribution in [0.15, 0.2) is 82.7 Å². The lowest BCUT2D eigenvalue weighted by atomic mass is 10.1. The highest BCUT2D eigenvalue weighted by molar-refractivity contribution is 8.00. The molecule has 1 unspecified atom stereocenters. The highest BCUT2D eigenvalue weighted by Crippen LogP contribution is 2.26. The van der Waals surface area contributed by atoms with E-state index in [1.807, 2.05) is 87.5 Å². The Kier molecular flexibility index (Phi) is 6.42. The zero-order chi connectivity index (χ0) is 22.7. The van der Waals surface area contributed by atoms with Crippen molar-refractivity contribution in [1.82, 2.24) is 14.9 Å². The standard InChI is InChI=1S/C26H25N3O2S/c1-17-13-14-23(18(2)15-17)29-25(31)21-11-7-8-12-22(21)28-26(29)32-19(3)24(30)27-16-20-9-5-4-6-10-20/h4-15,19H,16H2,1-3H3,(H,27,30). The van der Waals surface area contributed by atoms with Crippen molar-refractivity contribution < 1.29 is 4.79 Å². The maximum Gasteiger partial charge on any atom is 0.266 e. The van der Waals surface area contributed by atoms with Gasteiger partial charge in [-0.15, -0.1) is 0 Å². The zero-order valence-corrected chi connectivity index (χ0v) is 19.1. The molecule has 6 heteroatoms. The Hall–Kier alpha value is -3.38. The Morgan fingerprint density at radius 3 is 2.50 bits per heavy atom. The quantitative estimate of drug-likeness (QED) is 0.343. The van der Waals surface area contributed by atoms with E-state index in [4.69, 9.17) is 4.98 Å². The van der Waals surface area contributed by atoms with Crippen LogP contribution >= 0.6 is 11.8 Å². The Balaban J connectivity index is 1.69. The van der Waals surface area contributed by atoms with E-state index in [1.165, 1.54) is 11.8 Å². The molecule has 1 aromatic heterocycles. The molecule has 4 aromatic rings. The number of benzene rings is 3.